The van der Waals surface area contributed by atoms with Crippen LogP contribution >= 0.6 is 0 Å². The van der Waals surface area contributed by atoms with Crippen molar-refractivity contribution in [2.75, 3.05) is 26.3 Å². The number of aromatic nitrogens is 2. The third-order valence-electron chi connectivity index (χ3n) is 5.76. The van der Waals surface area contributed by atoms with Crippen molar-refractivity contribution in [1.29, 1.82) is 0 Å². The summed E-state index contributed by atoms with van der Waals surface area (Å²) in [5.74, 6) is -2.06. The molecule has 0 aliphatic carbocycles. The summed E-state index contributed by atoms with van der Waals surface area (Å²) < 4.78 is 51.7. The minimum atomic E-state index is -4.50. The Kier molecular flexibility index (Phi) is 5.38. The van der Waals surface area contributed by atoms with Crippen LogP contribution in [0.5, 0.6) is 0 Å². The Morgan fingerprint density at radius 1 is 1.10 bits per heavy atom. The Hall–Kier alpha value is -2.72. The number of rotatable bonds is 3. The number of piperidine rings is 1. The minimum Gasteiger partial charge on any atom is -0.347 e. The lowest BCUT2D eigenvalue weighted by molar-refractivity contribution is -0.186. The summed E-state index contributed by atoms with van der Waals surface area (Å²) in [6.45, 7) is 4.80. The minimum absolute atomic E-state index is 0.107. The number of carbonyl (C=O) groups excluding carboxylic acids is 2. The molecule has 1 aromatic heterocycles. The van der Waals surface area contributed by atoms with E-state index in [9.17, 15) is 22.8 Å². The highest BCUT2D eigenvalue weighted by Gasteiger charge is 2.42. The van der Waals surface area contributed by atoms with Crippen molar-refractivity contribution >= 4 is 11.7 Å². The van der Waals surface area contributed by atoms with Gasteiger partial charge in [0.2, 0.25) is 0 Å². The zero-order chi connectivity index (χ0) is 22.4. The molecule has 1 aromatic carbocycles. The van der Waals surface area contributed by atoms with Crippen LogP contribution in [0.4, 0.5) is 13.2 Å². The number of hydrogen-bond donors (Lipinski definition) is 0. The van der Waals surface area contributed by atoms with Crippen LogP contribution in [-0.2, 0) is 20.4 Å². The molecule has 0 atom stereocenters. The molecule has 2 aliphatic rings. The van der Waals surface area contributed by atoms with E-state index in [1.54, 1.807) is 13.8 Å². The Morgan fingerprint density at radius 2 is 1.74 bits per heavy atom. The number of ether oxygens (including phenoxy) is 2. The van der Waals surface area contributed by atoms with Gasteiger partial charge in [0.05, 0.1) is 41.4 Å². The number of likely N-dealkylation sites (tertiary alicyclic amines) is 1. The van der Waals surface area contributed by atoms with Crippen molar-refractivity contribution in [1.82, 2.24) is 14.7 Å². The second-order valence-electron chi connectivity index (χ2n) is 7.73. The highest BCUT2D eigenvalue weighted by Crippen LogP contribution is 2.32. The van der Waals surface area contributed by atoms with Crippen molar-refractivity contribution in [2.45, 2.75) is 38.7 Å². The Balaban J connectivity index is 1.56. The smallest absolute Gasteiger partial charge is 0.347 e. The molecule has 2 saturated heterocycles. The first kappa shape index (κ1) is 21.5. The van der Waals surface area contributed by atoms with E-state index in [0.29, 0.717) is 44.8 Å². The van der Waals surface area contributed by atoms with E-state index in [4.69, 9.17) is 9.47 Å². The van der Waals surface area contributed by atoms with Crippen LogP contribution in [0.15, 0.2) is 24.3 Å². The van der Waals surface area contributed by atoms with Crippen molar-refractivity contribution in [2.24, 2.45) is 0 Å². The summed E-state index contributed by atoms with van der Waals surface area (Å²) in [4.78, 5) is 27.3. The van der Waals surface area contributed by atoms with E-state index in [1.807, 2.05) is 0 Å². The van der Waals surface area contributed by atoms with Gasteiger partial charge in [0.15, 0.2) is 5.79 Å². The molecule has 166 valence electrons. The van der Waals surface area contributed by atoms with Gasteiger partial charge in [0.25, 0.3) is 11.7 Å². The van der Waals surface area contributed by atoms with Gasteiger partial charge in [0.1, 0.15) is 0 Å². The van der Waals surface area contributed by atoms with Gasteiger partial charge in [-0.2, -0.15) is 18.3 Å². The maximum Gasteiger partial charge on any atom is 0.416 e. The average Bonchev–Trinajstić information content (AvgIpc) is 3.31. The number of halogens is 3. The van der Waals surface area contributed by atoms with Crippen LogP contribution in [0, 0.1) is 13.8 Å². The molecule has 4 rings (SSSR count). The molecule has 0 unspecified atom stereocenters. The molecule has 0 N–H and O–H groups in total. The molecule has 2 fully saturated rings. The molecule has 10 heteroatoms. The van der Waals surface area contributed by atoms with Crippen LogP contribution in [0.1, 0.15) is 40.2 Å². The summed E-state index contributed by atoms with van der Waals surface area (Å²) in [6.07, 6.45) is -3.54. The molecule has 2 aromatic rings. The number of carbonyl (C=O) groups is 2. The van der Waals surface area contributed by atoms with Gasteiger partial charge >= 0.3 is 6.18 Å². The van der Waals surface area contributed by atoms with Crippen LogP contribution in [0.2, 0.25) is 0 Å². The van der Waals surface area contributed by atoms with Crippen LogP contribution in [0.25, 0.3) is 5.69 Å². The lowest BCUT2D eigenvalue weighted by Crippen LogP contribution is -2.49. The quantitative estimate of drug-likeness (QED) is 0.545. The molecule has 0 radical (unpaired) electrons. The molecular weight excluding hydrogens is 415 g/mol. The van der Waals surface area contributed by atoms with Crippen molar-refractivity contribution < 1.29 is 32.2 Å². The number of aryl methyl sites for hydroxylation is 1. The third kappa shape index (κ3) is 3.97. The van der Waals surface area contributed by atoms with Crippen LogP contribution < -0.4 is 0 Å². The van der Waals surface area contributed by atoms with Crippen LogP contribution in [0.3, 0.4) is 0 Å². The van der Waals surface area contributed by atoms with E-state index < -0.39 is 29.2 Å². The van der Waals surface area contributed by atoms with E-state index >= 15 is 0 Å². The van der Waals surface area contributed by atoms with Crippen molar-refractivity contribution in [3.05, 3.63) is 46.8 Å². The topological polar surface area (TPSA) is 73.7 Å². The Morgan fingerprint density at radius 3 is 2.35 bits per heavy atom. The molecular formula is C21H22F3N3O4. The van der Waals surface area contributed by atoms with Gasteiger partial charge in [-0.05, 0) is 32.0 Å². The number of benzene rings is 1. The number of hydrogen-bond acceptors (Lipinski definition) is 5. The van der Waals surface area contributed by atoms with Gasteiger partial charge in [0, 0.05) is 25.9 Å². The number of Topliss-reactive ketones (excluding diaryl/α,β-unsaturated/α-hetero) is 1. The lowest BCUT2D eigenvalue weighted by atomic mass is 10.0. The molecule has 2 aliphatic heterocycles. The molecule has 31 heavy (non-hydrogen) atoms. The molecule has 0 saturated carbocycles. The highest BCUT2D eigenvalue weighted by atomic mass is 19.4. The average molecular weight is 437 g/mol. The number of nitrogens with zero attached hydrogens (tertiary/aromatic N) is 3. The number of ketones is 1. The van der Waals surface area contributed by atoms with E-state index in [0.717, 1.165) is 12.1 Å². The number of amides is 1. The first-order valence-corrected chi connectivity index (χ1v) is 9.97. The molecule has 7 nitrogen and oxygen atoms in total. The second-order valence-corrected chi connectivity index (χ2v) is 7.73. The third-order valence-corrected chi connectivity index (χ3v) is 5.76. The summed E-state index contributed by atoms with van der Waals surface area (Å²) >= 11 is 0. The molecule has 0 bridgehead atoms. The summed E-state index contributed by atoms with van der Waals surface area (Å²) in [7, 11) is 0. The van der Waals surface area contributed by atoms with E-state index in [1.165, 1.54) is 21.7 Å². The van der Waals surface area contributed by atoms with Gasteiger partial charge in [-0.1, -0.05) is 6.07 Å². The van der Waals surface area contributed by atoms with Gasteiger partial charge in [-0.25, -0.2) is 4.68 Å². The predicted molar refractivity (Wildman–Crippen MR) is 103 cm³/mol. The lowest BCUT2D eigenvalue weighted by Gasteiger charge is -2.37. The normalized spacial score (nSPS) is 18.5. The maximum absolute atomic E-state index is 13.1. The molecule has 1 spiro atoms. The monoisotopic (exact) mass is 437 g/mol. The Labute approximate surface area is 176 Å². The van der Waals surface area contributed by atoms with Crippen molar-refractivity contribution in [3.63, 3.8) is 0 Å². The summed E-state index contributed by atoms with van der Waals surface area (Å²) in [6, 6.07) is 4.67. The fraction of sp³-hybridized carbons (Fsp3) is 0.476. The van der Waals surface area contributed by atoms with Gasteiger partial charge in [-0.3, -0.25) is 9.59 Å². The Bertz CT molecular complexity index is 1020. The van der Waals surface area contributed by atoms with Gasteiger partial charge < -0.3 is 14.4 Å². The summed E-state index contributed by atoms with van der Waals surface area (Å²) in [5.41, 5.74) is 0.0452. The fourth-order valence-corrected chi connectivity index (χ4v) is 4.12. The highest BCUT2D eigenvalue weighted by molar-refractivity contribution is 6.43. The van der Waals surface area contributed by atoms with Gasteiger partial charge in [-0.15, -0.1) is 0 Å². The molecule has 3 heterocycles. The van der Waals surface area contributed by atoms with E-state index in [-0.39, 0.29) is 16.9 Å². The predicted octanol–water partition coefficient (Wildman–Crippen LogP) is 3.06. The largest absolute Gasteiger partial charge is 0.416 e. The van der Waals surface area contributed by atoms with Crippen molar-refractivity contribution in [3.8, 4) is 5.69 Å². The standard InChI is InChI=1S/C21H22F3N3O4/c1-13-17(14(2)27(25-13)16-5-3-4-15(12-16)21(22,23)24)18(28)19(29)26-8-6-20(7-9-26)30-10-11-31-20/h3-5,12H,6-11H2,1-2H3. The first-order valence-electron chi connectivity index (χ1n) is 9.97. The zero-order valence-corrected chi connectivity index (χ0v) is 17.2. The zero-order valence-electron chi connectivity index (χ0n) is 17.2. The van der Waals surface area contributed by atoms with E-state index in [2.05, 4.69) is 5.10 Å². The SMILES string of the molecule is Cc1nn(-c2cccc(C(F)(F)F)c2)c(C)c1C(=O)C(=O)N1CCC2(CC1)OCCO2. The van der Waals surface area contributed by atoms with Crippen LogP contribution in [-0.4, -0.2) is 58.5 Å². The summed E-state index contributed by atoms with van der Waals surface area (Å²) in [5, 5.41) is 4.23. The fourth-order valence-electron chi connectivity index (χ4n) is 4.12. The first-order chi connectivity index (χ1) is 14.6. The molecule has 1 amide bonds. The number of alkyl halides is 3. The maximum atomic E-state index is 13.1. The second kappa shape index (κ2) is 7.76.